The second kappa shape index (κ2) is 8.81. The van der Waals surface area contributed by atoms with Crippen molar-refractivity contribution in [2.45, 2.75) is 6.61 Å². The first-order valence-electron chi connectivity index (χ1n) is 9.80. The third kappa shape index (κ3) is 4.11. The van der Waals surface area contributed by atoms with E-state index in [1.54, 1.807) is 50.6 Å². The molecule has 0 aliphatic rings. The number of hydrogen-bond donors (Lipinski definition) is 2. The van der Waals surface area contributed by atoms with Crippen LogP contribution in [0.2, 0.25) is 0 Å². The molecule has 0 saturated heterocycles. The molecule has 1 aromatic heterocycles. The van der Waals surface area contributed by atoms with Crippen LogP contribution in [0.25, 0.3) is 22.0 Å². The maximum absolute atomic E-state index is 12.7. The minimum atomic E-state index is -0.456. The van der Waals surface area contributed by atoms with Crippen molar-refractivity contribution in [3.8, 4) is 22.6 Å². The summed E-state index contributed by atoms with van der Waals surface area (Å²) < 4.78 is 16.5. The van der Waals surface area contributed by atoms with E-state index in [4.69, 9.17) is 25.7 Å². The molecule has 0 atom stereocenters. The number of benzene rings is 3. The molecule has 4 aromatic rings. The number of carbonyl (C=O) groups is 1. The average molecular weight is 430 g/mol. The van der Waals surface area contributed by atoms with Crippen molar-refractivity contribution in [3.05, 3.63) is 71.8 Å². The van der Waals surface area contributed by atoms with E-state index >= 15 is 0 Å². The zero-order chi connectivity index (χ0) is 22.7. The summed E-state index contributed by atoms with van der Waals surface area (Å²) in [6.45, 7) is 0.0702. The van der Waals surface area contributed by atoms with Gasteiger partial charge in [0, 0.05) is 5.39 Å². The molecule has 3 aromatic carbocycles. The molecule has 8 nitrogen and oxygen atoms in total. The van der Waals surface area contributed by atoms with E-state index in [-0.39, 0.29) is 18.4 Å². The van der Waals surface area contributed by atoms with Crippen LogP contribution in [0.5, 0.6) is 11.5 Å². The molecule has 0 unspecified atom stereocenters. The lowest BCUT2D eigenvalue weighted by atomic mass is 10.0. The average Bonchev–Trinajstić information content (AvgIpc) is 2.82. The number of hydrogen-bond acceptors (Lipinski definition) is 8. The normalized spacial score (nSPS) is 10.7. The number of ether oxygens (including phenoxy) is 3. The summed E-state index contributed by atoms with van der Waals surface area (Å²) in [7, 11) is 3.18. The molecule has 0 radical (unpaired) electrons. The molecule has 0 bridgehead atoms. The smallest absolute Gasteiger partial charge is 0.338 e. The minimum absolute atomic E-state index is 0.0702. The van der Waals surface area contributed by atoms with Crippen molar-refractivity contribution in [1.82, 2.24) is 9.97 Å². The van der Waals surface area contributed by atoms with Crippen LogP contribution in [0, 0.1) is 0 Å². The summed E-state index contributed by atoms with van der Waals surface area (Å²) in [6, 6.07) is 18.0. The molecule has 0 aliphatic carbocycles. The summed E-state index contributed by atoms with van der Waals surface area (Å²) in [5.41, 5.74) is 14.9. The molecule has 162 valence electrons. The standard InChI is InChI=1S/C24H22N4O4/c1-30-19-7-4-8-20(31-2)21(19)15-5-3-6-16(12-15)23(29)32-13-14-9-10-18-17(11-14)22(25)28-24(26)27-18/h3-12H,13H2,1-2H3,(H4,25,26,27,28). The van der Waals surface area contributed by atoms with Gasteiger partial charge in [0.25, 0.3) is 0 Å². The summed E-state index contributed by atoms with van der Waals surface area (Å²) >= 11 is 0. The molecule has 32 heavy (non-hydrogen) atoms. The highest BCUT2D eigenvalue weighted by Gasteiger charge is 2.15. The molecule has 4 rings (SSSR count). The summed E-state index contributed by atoms with van der Waals surface area (Å²) in [4.78, 5) is 20.8. The van der Waals surface area contributed by atoms with Gasteiger partial charge in [0.2, 0.25) is 5.95 Å². The van der Waals surface area contributed by atoms with Crippen LogP contribution >= 0.6 is 0 Å². The van der Waals surface area contributed by atoms with Gasteiger partial charge in [-0.3, -0.25) is 0 Å². The Morgan fingerprint density at radius 2 is 1.62 bits per heavy atom. The number of rotatable bonds is 6. The van der Waals surface area contributed by atoms with E-state index < -0.39 is 5.97 Å². The molecule has 0 amide bonds. The van der Waals surface area contributed by atoms with Gasteiger partial charge in [-0.1, -0.05) is 24.3 Å². The molecule has 0 saturated carbocycles. The van der Waals surface area contributed by atoms with Crippen molar-refractivity contribution in [2.24, 2.45) is 0 Å². The lowest BCUT2D eigenvalue weighted by Gasteiger charge is -2.14. The first kappa shape index (κ1) is 20.9. The number of esters is 1. The van der Waals surface area contributed by atoms with Crippen LogP contribution in [0.3, 0.4) is 0 Å². The largest absolute Gasteiger partial charge is 0.496 e. The highest BCUT2D eigenvalue weighted by molar-refractivity contribution is 5.92. The van der Waals surface area contributed by atoms with Gasteiger partial charge in [-0.05, 0) is 47.5 Å². The Labute approximate surface area is 184 Å². The van der Waals surface area contributed by atoms with Gasteiger partial charge < -0.3 is 25.7 Å². The fraction of sp³-hybridized carbons (Fsp3) is 0.125. The first-order valence-corrected chi connectivity index (χ1v) is 9.80. The van der Waals surface area contributed by atoms with E-state index in [1.807, 2.05) is 24.3 Å². The van der Waals surface area contributed by atoms with Crippen LogP contribution in [0.15, 0.2) is 60.7 Å². The highest BCUT2D eigenvalue weighted by Crippen LogP contribution is 2.38. The molecule has 0 fully saturated rings. The molecule has 4 N–H and O–H groups in total. The number of nitrogens with zero attached hydrogens (tertiary/aromatic N) is 2. The summed E-state index contributed by atoms with van der Waals surface area (Å²) in [6.07, 6.45) is 0. The number of nitrogen functional groups attached to an aromatic ring is 2. The molecule has 0 aliphatic heterocycles. The lowest BCUT2D eigenvalue weighted by molar-refractivity contribution is 0.0473. The van der Waals surface area contributed by atoms with Gasteiger partial charge in [-0.25, -0.2) is 9.78 Å². The van der Waals surface area contributed by atoms with Gasteiger partial charge in [0.15, 0.2) is 0 Å². The molecular weight excluding hydrogens is 408 g/mol. The SMILES string of the molecule is COc1cccc(OC)c1-c1cccc(C(=O)OCc2ccc3nc(N)nc(N)c3c2)c1. The topological polar surface area (TPSA) is 123 Å². The maximum atomic E-state index is 12.7. The second-order valence-corrected chi connectivity index (χ2v) is 7.01. The van der Waals surface area contributed by atoms with Crippen LogP contribution in [0.1, 0.15) is 15.9 Å². The van der Waals surface area contributed by atoms with Crippen molar-refractivity contribution in [3.63, 3.8) is 0 Å². The molecule has 8 heteroatoms. The second-order valence-electron chi connectivity index (χ2n) is 7.01. The Morgan fingerprint density at radius 1 is 0.906 bits per heavy atom. The van der Waals surface area contributed by atoms with Gasteiger partial charge in [0.1, 0.15) is 23.9 Å². The van der Waals surface area contributed by atoms with Gasteiger partial charge in [-0.15, -0.1) is 0 Å². The fourth-order valence-corrected chi connectivity index (χ4v) is 3.48. The van der Waals surface area contributed by atoms with Gasteiger partial charge in [0.05, 0.1) is 30.9 Å². The Bertz CT molecular complexity index is 1280. The van der Waals surface area contributed by atoms with Crippen LogP contribution in [-0.4, -0.2) is 30.2 Å². The number of carbonyl (C=O) groups excluding carboxylic acids is 1. The maximum Gasteiger partial charge on any atom is 0.338 e. The minimum Gasteiger partial charge on any atom is -0.496 e. The predicted octanol–water partition coefficient (Wildman–Crippen LogP) is 3.84. The Kier molecular flexibility index (Phi) is 5.76. The molecule has 0 spiro atoms. The monoisotopic (exact) mass is 430 g/mol. The number of methoxy groups -OCH3 is 2. The molecule has 1 heterocycles. The van der Waals surface area contributed by atoms with Crippen LogP contribution in [0.4, 0.5) is 11.8 Å². The molecular formula is C24H22N4O4. The fourth-order valence-electron chi connectivity index (χ4n) is 3.48. The summed E-state index contributed by atoms with van der Waals surface area (Å²) in [5, 5.41) is 0.651. The van der Waals surface area contributed by atoms with Crippen molar-refractivity contribution in [2.75, 3.05) is 25.7 Å². The Balaban J connectivity index is 1.56. The van der Waals surface area contributed by atoms with Crippen molar-refractivity contribution in [1.29, 1.82) is 0 Å². The zero-order valence-electron chi connectivity index (χ0n) is 17.7. The first-order chi connectivity index (χ1) is 15.5. The predicted molar refractivity (Wildman–Crippen MR) is 122 cm³/mol. The number of aromatic nitrogens is 2. The Hall–Kier alpha value is -4.33. The number of fused-ring (bicyclic) bond motifs is 1. The van der Waals surface area contributed by atoms with E-state index in [1.165, 1.54) is 0 Å². The highest BCUT2D eigenvalue weighted by atomic mass is 16.5. The van der Waals surface area contributed by atoms with Crippen molar-refractivity contribution >= 4 is 28.6 Å². The third-order valence-corrected chi connectivity index (χ3v) is 4.99. The number of anilines is 2. The van der Waals surface area contributed by atoms with Gasteiger partial charge in [-0.2, -0.15) is 4.98 Å². The van der Waals surface area contributed by atoms with E-state index in [0.717, 1.165) is 16.7 Å². The van der Waals surface area contributed by atoms with Crippen LogP contribution < -0.4 is 20.9 Å². The third-order valence-electron chi connectivity index (χ3n) is 4.99. The van der Waals surface area contributed by atoms with Crippen LogP contribution in [-0.2, 0) is 11.3 Å². The summed E-state index contributed by atoms with van der Waals surface area (Å²) in [5.74, 6) is 1.22. The van der Waals surface area contributed by atoms with Gasteiger partial charge >= 0.3 is 5.97 Å². The van der Waals surface area contributed by atoms with E-state index in [9.17, 15) is 4.79 Å². The van der Waals surface area contributed by atoms with Crippen molar-refractivity contribution < 1.29 is 19.0 Å². The van der Waals surface area contributed by atoms with E-state index in [2.05, 4.69) is 9.97 Å². The Morgan fingerprint density at radius 3 is 2.34 bits per heavy atom. The quantitative estimate of drug-likeness (QED) is 0.443. The van der Waals surface area contributed by atoms with E-state index in [0.29, 0.717) is 28.0 Å². The lowest BCUT2D eigenvalue weighted by Crippen LogP contribution is -2.06. The zero-order valence-corrected chi connectivity index (χ0v) is 17.7. The number of nitrogens with two attached hydrogens (primary N) is 2.